The molecule has 1 unspecified atom stereocenters. The molecule has 1 aromatic heterocycles. The second kappa shape index (κ2) is 6.13. The van der Waals surface area contributed by atoms with E-state index in [2.05, 4.69) is 10.1 Å². The Balaban J connectivity index is 1.91. The van der Waals surface area contributed by atoms with Gasteiger partial charge in [0.15, 0.2) is 12.4 Å². The molecule has 0 bridgehead atoms. The number of rotatable bonds is 6. The van der Waals surface area contributed by atoms with Crippen molar-refractivity contribution in [2.75, 3.05) is 13.7 Å². The summed E-state index contributed by atoms with van der Waals surface area (Å²) in [7, 11) is 1.57. The molecular formula is C12H15N3O3. The second-order valence-corrected chi connectivity index (χ2v) is 3.71. The molecule has 18 heavy (non-hydrogen) atoms. The Labute approximate surface area is 105 Å². The number of aromatic nitrogens is 2. The Hall–Kier alpha value is -1.92. The summed E-state index contributed by atoms with van der Waals surface area (Å²) in [6, 6.07) is 9.03. The molecule has 1 heterocycles. The van der Waals surface area contributed by atoms with Gasteiger partial charge in [0.2, 0.25) is 0 Å². The van der Waals surface area contributed by atoms with Gasteiger partial charge in [-0.15, -0.1) is 0 Å². The average Bonchev–Trinajstić information content (AvgIpc) is 2.87. The van der Waals surface area contributed by atoms with Crippen molar-refractivity contribution in [2.24, 2.45) is 5.73 Å². The highest BCUT2D eigenvalue weighted by Gasteiger charge is 2.14. The molecule has 0 aliphatic carbocycles. The number of nitrogens with zero attached hydrogens (tertiary/aromatic N) is 2. The highest BCUT2D eigenvalue weighted by Crippen LogP contribution is 2.12. The average molecular weight is 249 g/mol. The summed E-state index contributed by atoms with van der Waals surface area (Å²) in [6.07, 6.45) is 0. The number of hydrogen-bond donors (Lipinski definition) is 1. The van der Waals surface area contributed by atoms with Crippen LogP contribution in [-0.2, 0) is 11.3 Å². The first-order valence-corrected chi connectivity index (χ1v) is 5.54. The monoisotopic (exact) mass is 249 g/mol. The highest BCUT2D eigenvalue weighted by molar-refractivity contribution is 5.20. The fourth-order valence-corrected chi connectivity index (χ4v) is 1.39. The van der Waals surface area contributed by atoms with Crippen LogP contribution < -0.4 is 10.5 Å². The van der Waals surface area contributed by atoms with Crippen LogP contribution >= 0.6 is 0 Å². The number of methoxy groups -OCH3 is 1. The molecule has 6 nitrogen and oxygen atoms in total. The zero-order valence-corrected chi connectivity index (χ0v) is 10.1. The van der Waals surface area contributed by atoms with Crippen molar-refractivity contribution < 1.29 is 14.0 Å². The van der Waals surface area contributed by atoms with Crippen LogP contribution in [0.25, 0.3) is 0 Å². The molecule has 96 valence electrons. The Morgan fingerprint density at radius 2 is 2.11 bits per heavy atom. The van der Waals surface area contributed by atoms with Gasteiger partial charge in [0.25, 0.3) is 5.89 Å². The Morgan fingerprint density at radius 1 is 1.33 bits per heavy atom. The molecule has 0 fully saturated rings. The van der Waals surface area contributed by atoms with E-state index in [1.165, 1.54) is 0 Å². The number of hydrogen-bond acceptors (Lipinski definition) is 6. The molecule has 1 aromatic carbocycles. The fourth-order valence-electron chi connectivity index (χ4n) is 1.39. The molecule has 0 aliphatic heterocycles. The zero-order valence-electron chi connectivity index (χ0n) is 10.1. The van der Waals surface area contributed by atoms with Gasteiger partial charge in [-0.2, -0.15) is 4.98 Å². The molecule has 2 aromatic rings. The lowest BCUT2D eigenvalue weighted by atomic mass is 10.3. The van der Waals surface area contributed by atoms with E-state index in [1.54, 1.807) is 7.11 Å². The lowest BCUT2D eigenvalue weighted by molar-refractivity contribution is 0.176. The Morgan fingerprint density at radius 3 is 2.83 bits per heavy atom. The van der Waals surface area contributed by atoms with Crippen LogP contribution in [0.5, 0.6) is 5.75 Å². The van der Waals surface area contributed by atoms with Crippen molar-refractivity contribution in [1.29, 1.82) is 0 Å². The van der Waals surface area contributed by atoms with Crippen molar-refractivity contribution in [3.05, 3.63) is 42.0 Å². The van der Waals surface area contributed by atoms with Crippen molar-refractivity contribution in [2.45, 2.75) is 12.6 Å². The molecule has 0 saturated heterocycles. The van der Waals surface area contributed by atoms with Gasteiger partial charge in [-0.1, -0.05) is 23.4 Å². The van der Waals surface area contributed by atoms with Crippen LogP contribution in [0.1, 0.15) is 17.8 Å². The van der Waals surface area contributed by atoms with E-state index >= 15 is 0 Å². The number of ether oxygens (including phenoxy) is 2. The summed E-state index contributed by atoms with van der Waals surface area (Å²) in [5.41, 5.74) is 5.78. The maximum Gasteiger partial charge on any atom is 0.264 e. The van der Waals surface area contributed by atoms with Crippen molar-refractivity contribution in [1.82, 2.24) is 10.1 Å². The smallest absolute Gasteiger partial charge is 0.264 e. The fraction of sp³-hybridized carbons (Fsp3) is 0.333. The van der Waals surface area contributed by atoms with Gasteiger partial charge in [-0.25, -0.2) is 0 Å². The molecule has 1 atom stereocenters. The molecule has 0 aliphatic rings. The lowest BCUT2D eigenvalue weighted by Gasteiger charge is -2.03. The van der Waals surface area contributed by atoms with Crippen LogP contribution in [0.4, 0.5) is 0 Å². The van der Waals surface area contributed by atoms with E-state index < -0.39 is 0 Å². The van der Waals surface area contributed by atoms with Crippen molar-refractivity contribution in [3.8, 4) is 5.75 Å². The highest BCUT2D eigenvalue weighted by atomic mass is 16.5. The van der Waals surface area contributed by atoms with E-state index in [4.69, 9.17) is 19.7 Å². The number of benzene rings is 1. The third-order valence-electron chi connectivity index (χ3n) is 2.27. The molecule has 2 N–H and O–H groups in total. The molecular weight excluding hydrogens is 234 g/mol. The molecule has 0 radical (unpaired) electrons. The van der Waals surface area contributed by atoms with Crippen LogP contribution in [0.3, 0.4) is 0 Å². The van der Waals surface area contributed by atoms with Gasteiger partial charge in [0.05, 0.1) is 12.6 Å². The van der Waals surface area contributed by atoms with Crippen molar-refractivity contribution >= 4 is 0 Å². The minimum atomic E-state index is -0.385. The van der Waals surface area contributed by atoms with Gasteiger partial charge in [-0.3, -0.25) is 0 Å². The summed E-state index contributed by atoms with van der Waals surface area (Å²) in [5, 5.41) is 3.78. The summed E-state index contributed by atoms with van der Waals surface area (Å²) < 4.78 is 15.4. The predicted octanol–water partition coefficient (Wildman–Crippen LogP) is 1.29. The number of nitrogens with two attached hydrogens (primary N) is 1. The molecule has 0 spiro atoms. The minimum absolute atomic E-state index is 0.219. The predicted molar refractivity (Wildman–Crippen MR) is 63.9 cm³/mol. The quantitative estimate of drug-likeness (QED) is 0.830. The van der Waals surface area contributed by atoms with Gasteiger partial charge < -0.3 is 19.7 Å². The van der Waals surface area contributed by atoms with Crippen LogP contribution in [0.15, 0.2) is 34.9 Å². The van der Waals surface area contributed by atoms with E-state index in [9.17, 15) is 0 Å². The first kappa shape index (κ1) is 12.5. The normalized spacial score (nSPS) is 12.3. The summed E-state index contributed by atoms with van der Waals surface area (Å²) in [4.78, 5) is 4.14. The second-order valence-electron chi connectivity index (χ2n) is 3.71. The Bertz CT molecular complexity index is 472. The molecule has 0 saturated carbocycles. The molecule has 2 rings (SSSR count). The van der Waals surface area contributed by atoms with E-state index in [0.29, 0.717) is 18.3 Å². The molecule has 6 heteroatoms. The zero-order chi connectivity index (χ0) is 12.8. The first-order chi connectivity index (χ1) is 8.79. The van der Waals surface area contributed by atoms with Gasteiger partial charge >= 0.3 is 0 Å². The third-order valence-corrected chi connectivity index (χ3v) is 2.27. The van der Waals surface area contributed by atoms with Crippen molar-refractivity contribution in [3.63, 3.8) is 0 Å². The summed E-state index contributed by atoms with van der Waals surface area (Å²) >= 11 is 0. The lowest BCUT2D eigenvalue weighted by Crippen LogP contribution is -2.17. The standard InChI is InChI=1S/C12H15N3O3/c1-16-7-10(13)12-14-11(18-15-12)8-17-9-5-3-2-4-6-9/h2-6,10H,7-8,13H2,1H3. The first-order valence-electron chi connectivity index (χ1n) is 5.54. The summed E-state index contributed by atoms with van der Waals surface area (Å²) in [6.45, 7) is 0.565. The third kappa shape index (κ3) is 3.28. The van der Waals surface area contributed by atoms with Gasteiger partial charge in [0.1, 0.15) is 5.75 Å². The van der Waals surface area contributed by atoms with E-state index in [-0.39, 0.29) is 12.6 Å². The van der Waals surface area contributed by atoms with Crippen LogP contribution in [-0.4, -0.2) is 23.9 Å². The SMILES string of the molecule is COCC(N)c1noc(COc2ccccc2)n1. The Kier molecular flexibility index (Phi) is 4.27. The molecule has 0 amide bonds. The van der Waals surface area contributed by atoms with Gasteiger partial charge in [-0.05, 0) is 12.1 Å². The maximum atomic E-state index is 5.78. The largest absolute Gasteiger partial charge is 0.484 e. The van der Waals surface area contributed by atoms with Crippen LogP contribution in [0.2, 0.25) is 0 Å². The van der Waals surface area contributed by atoms with Crippen LogP contribution in [0, 0.1) is 0 Å². The number of para-hydroxylation sites is 1. The van der Waals surface area contributed by atoms with Gasteiger partial charge in [0, 0.05) is 7.11 Å². The summed E-state index contributed by atoms with van der Waals surface area (Å²) in [5.74, 6) is 1.56. The van der Waals surface area contributed by atoms with E-state index in [1.807, 2.05) is 30.3 Å². The maximum absolute atomic E-state index is 5.78. The van der Waals surface area contributed by atoms with E-state index in [0.717, 1.165) is 5.75 Å². The topological polar surface area (TPSA) is 83.4 Å². The minimum Gasteiger partial charge on any atom is -0.484 e.